The van der Waals surface area contributed by atoms with Gasteiger partial charge in [-0.05, 0) is 106 Å². The normalized spacial score (nSPS) is 30.0. The van der Waals surface area contributed by atoms with Crippen molar-refractivity contribution >= 4 is 23.5 Å². The van der Waals surface area contributed by atoms with E-state index < -0.39 is 28.3 Å². The van der Waals surface area contributed by atoms with Crippen LogP contribution in [0.25, 0.3) is 6.08 Å². The maximum atomic E-state index is 15.0. The van der Waals surface area contributed by atoms with E-state index in [4.69, 9.17) is 18.9 Å². The van der Waals surface area contributed by atoms with E-state index in [1.165, 1.54) is 5.57 Å². The summed E-state index contributed by atoms with van der Waals surface area (Å²) in [5.41, 5.74) is -0.258. The third kappa shape index (κ3) is 6.61. The highest BCUT2D eigenvalue weighted by molar-refractivity contribution is 6.19. The Kier molecular flexibility index (Phi) is 10.4. The molecule has 7 aliphatic rings. The molecule has 3 aliphatic carbocycles. The minimum Gasteiger partial charge on any atom is -0.506 e. The number of nitrogens with zero attached hydrogens (tertiary/aromatic N) is 1. The lowest BCUT2D eigenvalue weighted by molar-refractivity contribution is -0.171. The van der Waals surface area contributed by atoms with Crippen LogP contribution in [0.2, 0.25) is 0 Å². The number of fused-ring (bicyclic) bond motifs is 2. The minimum atomic E-state index is -1.57. The predicted octanol–water partition coefficient (Wildman–Crippen LogP) is 6.99. The number of carbonyl (C=O) groups is 3. The summed E-state index contributed by atoms with van der Waals surface area (Å²) < 4.78 is 26.5. The van der Waals surface area contributed by atoms with Crippen LogP contribution in [0, 0.1) is 11.8 Å². The van der Waals surface area contributed by atoms with Crippen molar-refractivity contribution in [1.29, 1.82) is 0 Å². The highest BCUT2D eigenvalue weighted by Gasteiger charge is 2.81. The summed E-state index contributed by atoms with van der Waals surface area (Å²) in [6.45, 7) is 20.5. The molecular weight excluding hydrogens is 697 g/mol. The zero-order valence-electron chi connectivity index (χ0n) is 33.9. The van der Waals surface area contributed by atoms with Crippen LogP contribution in [0.4, 0.5) is 0 Å². The number of hydrogen-bond acceptors (Lipinski definition) is 9. The number of Topliss-reactive ketones (excluding diaryl/α,β-unsaturated/α-hetero) is 2. The van der Waals surface area contributed by atoms with Crippen LogP contribution < -0.4 is 14.8 Å². The van der Waals surface area contributed by atoms with E-state index in [-0.39, 0.29) is 46.9 Å². The smallest absolute Gasteiger partial charge is 0.246 e. The summed E-state index contributed by atoms with van der Waals surface area (Å²) >= 11 is 0. The first-order valence-electron chi connectivity index (χ1n) is 20.1. The Balaban J connectivity index is 1.27. The van der Waals surface area contributed by atoms with Gasteiger partial charge < -0.3 is 29.4 Å². The fourth-order valence-corrected chi connectivity index (χ4v) is 9.65. The van der Waals surface area contributed by atoms with E-state index in [1.807, 2.05) is 46.8 Å². The van der Waals surface area contributed by atoms with Crippen LogP contribution >= 0.6 is 0 Å². The molecule has 4 heterocycles. The number of aromatic hydroxyl groups is 1. The fraction of sp³-hybridized carbons (Fsp3) is 0.578. The molecule has 1 spiro atoms. The number of hydrogen-bond donors (Lipinski definition) is 2. The molecule has 4 aliphatic heterocycles. The van der Waals surface area contributed by atoms with Crippen molar-refractivity contribution in [2.75, 3.05) is 39.4 Å². The molecule has 8 rings (SSSR count). The number of ether oxygens (including phenoxy) is 4. The Labute approximate surface area is 325 Å². The Morgan fingerprint density at radius 2 is 1.73 bits per heavy atom. The third-order valence-electron chi connectivity index (χ3n) is 12.5. The first-order chi connectivity index (χ1) is 26.0. The highest BCUT2D eigenvalue weighted by atomic mass is 16.6. The SMILES string of the molecule is CC(C)=CCCC1(C)C=Cc2c(O)c3c(c(CC=C(C)C)c2O1)OC12C(=CC4CC1C(C)(C)OC2(C/C=C(/C)C(=O)NCCCN1CCOCC1)C4=O)C3=O. The van der Waals surface area contributed by atoms with Crippen LogP contribution in [0.3, 0.4) is 0 Å². The van der Waals surface area contributed by atoms with Crippen molar-refractivity contribution in [3.05, 3.63) is 69.4 Å². The highest BCUT2D eigenvalue weighted by Crippen LogP contribution is 2.68. The quantitative estimate of drug-likeness (QED) is 0.132. The summed E-state index contributed by atoms with van der Waals surface area (Å²) in [5, 5.41) is 15.0. The largest absolute Gasteiger partial charge is 0.506 e. The fourth-order valence-electron chi connectivity index (χ4n) is 9.65. The summed E-state index contributed by atoms with van der Waals surface area (Å²) in [7, 11) is 0. The van der Waals surface area contributed by atoms with Crippen molar-refractivity contribution in [3.8, 4) is 17.2 Å². The van der Waals surface area contributed by atoms with Crippen LogP contribution in [0.1, 0.15) is 109 Å². The van der Waals surface area contributed by atoms with Gasteiger partial charge in [0.25, 0.3) is 0 Å². The van der Waals surface area contributed by atoms with E-state index in [0.717, 1.165) is 51.3 Å². The second kappa shape index (κ2) is 14.5. The summed E-state index contributed by atoms with van der Waals surface area (Å²) in [6.07, 6.45) is 14.8. The van der Waals surface area contributed by atoms with Crippen LogP contribution in [0.5, 0.6) is 17.2 Å². The van der Waals surface area contributed by atoms with Gasteiger partial charge in [0.1, 0.15) is 28.4 Å². The van der Waals surface area contributed by atoms with Crippen molar-refractivity contribution in [2.45, 2.75) is 116 Å². The summed E-state index contributed by atoms with van der Waals surface area (Å²) in [6, 6.07) is 0. The molecule has 10 heteroatoms. The number of carbonyl (C=O) groups excluding carboxylic acids is 3. The van der Waals surface area contributed by atoms with Gasteiger partial charge in [-0.3, -0.25) is 19.3 Å². The summed E-state index contributed by atoms with van der Waals surface area (Å²) in [5.74, 6) is -1.11. The molecule has 1 aromatic rings. The van der Waals surface area contributed by atoms with Crippen LogP contribution in [-0.2, 0) is 25.5 Å². The van der Waals surface area contributed by atoms with E-state index in [2.05, 4.69) is 36.2 Å². The monoisotopic (exact) mass is 754 g/mol. The molecule has 1 amide bonds. The second-order valence-corrected chi connectivity index (χ2v) is 17.5. The molecule has 2 saturated heterocycles. The van der Waals surface area contributed by atoms with Gasteiger partial charge in [-0.1, -0.05) is 35.5 Å². The maximum Gasteiger partial charge on any atom is 0.246 e. The van der Waals surface area contributed by atoms with Gasteiger partial charge in [-0.25, -0.2) is 0 Å². The number of allylic oxidation sites excluding steroid dienone is 5. The number of ketones is 2. The molecular formula is C45H58N2O8. The maximum absolute atomic E-state index is 15.0. The van der Waals surface area contributed by atoms with Gasteiger partial charge in [0.05, 0.1) is 24.4 Å². The molecule has 2 N–H and O–H groups in total. The molecule has 5 unspecified atom stereocenters. The lowest BCUT2D eigenvalue weighted by Gasteiger charge is -2.56. The zero-order valence-corrected chi connectivity index (χ0v) is 33.9. The number of nitrogens with one attached hydrogen (secondary N) is 1. The van der Waals surface area contributed by atoms with Gasteiger partial charge in [-0.2, -0.15) is 0 Å². The topological polar surface area (TPSA) is 124 Å². The van der Waals surface area contributed by atoms with Crippen LogP contribution in [0.15, 0.2) is 52.7 Å². The number of rotatable bonds is 12. The predicted molar refractivity (Wildman–Crippen MR) is 212 cm³/mol. The second-order valence-electron chi connectivity index (χ2n) is 17.5. The first-order valence-corrected chi connectivity index (χ1v) is 20.1. The minimum absolute atomic E-state index is 0.0527. The van der Waals surface area contributed by atoms with Gasteiger partial charge in [0.2, 0.25) is 5.91 Å². The van der Waals surface area contributed by atoms with Gasteiger partial charge in [-0.15, -0.1) is 0 Å². The van der Waals surface area contributed by atoms with Gasteiger partial charge in [0.15, 0.2) is 22.8 Å². The van der Waals surface area contributed by atoms with Gasteiger partial charge >= 0.3 is 0 Å². The molecule has 1 aromatic carbocycles. The van der Waals surface area contributed by atoms with E-state index >= 15 is 0 Å². The molecule has 0 radical (unpaired) electrons. The lowest BCUT2D eigenvalue weighted by Crippen LogP contribution is -2.72. The Hall–Kier alpha value is -3.99. The average molecular weight is 755 g/mol. The molecule has 55 heavy (non-hydrogen) atoms. The Bertz CT molecular complexity index is 1940. The van der Waals surface area contributed by atoms with Crippen molar-refractivity contribution < 1.29 is 38.4 Å². The Morgan fingerprint density at radius 1 is 1.00 bits per heavy atom. The van der Waals surface area contributed by atoms with E-state index in [0.29, 0.717) is 53.8 Å². The van der Waals surface area contributed by atoms with E-state index in [9.17, 15) is 19.5 Å². The zero-order chi connectivity index (χ0) is 39.5. The Morgan fingerprint density at radius 3 is 2.44 bits per heavy atom. The number of benzene rings is 1. The molecule has 296 valence electrons. The number of phenolic OH excluding ortho intramolecular Hbond substituents is 1. The standard InChI is InChI=1S/C45H58N2O8/c1-27(2)11-9-16-43(8)17-15-31-36(48)35-37(49)33-25-30-26-34-42(6,7)55-44(40(30)50,45(33,34)54-39(35)32(38(31)53-43)13-12-28(3)4)18-14-29(5)41(51)46-19-10-20-47-21-23-52-24-22-47/h11-12,14-15,17,25,30,34,48H,9-10,13,16,18-24,26H2,1-8H3,(H,46,51)/b29-14-. The first kappa shape index (κ1) is 39.3. The summed E-state index contributed by atoms with van der Waals surface area (Å²) in [4.78, 5) is 45.4. The molecule has 4 bridgehead atoms. The molecule has 3 fully saturated rings. The molecule has 10 nitrogen and oxygen atoms in total. The van der Waals surface area contributed by atoms with E-state index in [1.54, 1.807) is 19.1 Å². The van der Waals surface area contributed by atoms with Crippen molar-refractivity contribution in [2.24, 2.45) is 11.8 Å². The van der Waals surface area contributed by atoms with Crippen molar-refractivity contribution in [1.82, 2.24) is 10.2 Å². The van der Waals surface area contributed by atoms with Gasteiger partial charge in [0, 0.05) is 54.6 Å². The lowest BCUT2D eigenvalue weighted by atomic mass is 9.51. The molecule has 1 saturated carbocycles. The number of morpholine rings is 1. The number of amides is 1. The number of phenols is 1. The average Bonchev–Trinajstić information content (AvgIpc) is 3.29. The third-order valence-corrected chi connectivity index (χ3v) is 12.5. The molecule has 5 atom stereocenters. The van der Waals surface area contributed by atoms with Crippen LogP contribution in [-0.4, -0.2) is 89.3 Å². The van der Waals surface area contributed by atoms with Crippen molar-refractivity contribution in [3.63, 3.8) is 0 Å². The molecule has 0 aromatic heterocycles.